The van der Waals surface area contributed by atoms with Crippen molar-refractivity contribution >= 4 is 30.2 Å². The summed E-state index contributed by atoms with van der Waals surface area (Å²) in [5.41, 5.74) is 6.27. The standard InChI is InChI=1S/C8H9N5S/c9-7-11-8(13-12-7)10-5-1-3-6(14)4-2-5/h1-4,14H,(H4,9,10,11,12,13). The summed E-state index contributed by atoms with van der Waals surface area (Å²) in [4.78, 5) is 4.82. The molecule has 14 heavy (non-hydrogen) atoms. The number of nitrogen functional groups attached to an aromatic ring is 1. The van der Waals surface area contributed by atoms with Crippen LogP contribution in [0.3, 0.4) is 0 Å². The summed E-state index contributed by atoms with van der Waals surface area (Å²) in [6, 6.07) is 7.52. The summed E-state index contributed by atoms with van der Waals surface area (Å²) in [7, 11) is 0. The molecule has 2 aromatic rings. The average Bonchev–Trinajstić information content (AvgIpc) is 2.56. The molecular formula is C8H9N5S. The van der Waals surface area contributed by atoms with Crippen molar-refractivity contribution in [3.63, 3.8) is 0 Å². The van der Waals surface area contributed by atoms with Crippen molar-refractivity contribution in [3.05, 3.63) is 24.3 Å². The lowest BCUT2D eigenvalue weighted by atomic mass is 10.3. The molecule has 0 fully saturated rings. The second kappa shape index (κ2) is 3.59. The molecule has 0 saturated heterocycles. The monoisotopic (exact) mass is 207 g/mol. The van der Waals surface area contributed by atoms with Gasteiger partial charge in [-0.3, -0.25) is 0 Å². The number of hydrogen-bond acceptors (Lipinski definition) is 5. The van der Waals surface area contributed by atoms with Gasteiger partial charge in [0.2, 0.25) is 11.9 Å². The van der Waals surface area contributed by atoms with Crippen LogP contribution in [0.15, 0.2) is 29.2 Å². The van der Waals surface area contributed by atoms with Crippen molar-refractivity contribution in [2.75, 3.05) is 11.1 Å². The smallest absolute Gasteiger partial charge is 0.248 e. The summed E-state index contributed by atoms with van der Waals surface area (Å²) in [5, 5.41) is 9.37. The van der Waals surface area contributed by atoms with Gasteiger partial charge in [-0.25, -0.2) is 5.10 Å². The van der Waals surface area contributed by atoms with E-state index in [2.05, 4.69) is 33.1 Å². The molecule has 1 heterocycles. The Morgan fingerprint density at radius 3 is 2.57 bits per heavy atom. The van der Waals surface area contributed by atoms with Crippen molar-refractivity contribution in [3.8, 4) is 0 Å². The zero-order valence-electron chi connectivity index (χ0n) is 7.23. The minimum absolute atomic E-state index is 0.290. The minimum Gasteiger partial charge on any atom is -0.368 e. The first-order chi connectivity index (χ1) is 6.74. The van der Waals surface area contributed by atoms with Crippen molar-refractivity contribution in [2.45, 2.75) is 4.90 Å². The van der Waals surface area contributed by atoms with E-state index in [1.807, 2.05) is 24.3 Å². The molecule has 0 spiro atoms. The van der Waals surface area contributed by atoms with E-state index in [1.165, 1.54) is 0 Å². The molecule has 0 unspecified atom stereocenters. The lowest BCUT2D eigenvalue weighted by Crippen LogP contribution is -1.92. The van der Waals surface area contributed by atoms with E-state index in [9.17, 15) is 0 Å². The van der Waals surface area contributed by atoms with Crippen LogP contribution in [0.2, 0.25) is 0 Å². The van der Waals surface area contributed by atoms with Crippen LogP contribution >= 0.6 is 12.6 Å². The molecule has 0 bridgehead atoms. The third kappa shape index (κ3) is 1.97. The predicted molar refractivity (Wildman–Crippen MR) is 57.8 cm³/mol. The first kappa shape index (κ1) is 8.89. The number of nitrogens with zero attached hydrogens (tertiary/aromatic N) is 2. The predicted octanol–water partition coefficient (Wildman–Crippen LogP) is 1.42. The Hall–Kier alpha value is -1.69. The normalized spacial score (nSPS) is 10.1. The molecule has 0 radical (unpaired) electrons. The van der Waals surface area contributed by atoms with Gasteiger partial charge in [0.25, 0.3) is 0 Å². The molecule has 0 atom stereocenters. The Kier molecular flexibility index (Phi) is 2.28. The highest BCUT2D eigenvalue weighted by Crippen LogP contribution is 2.15. The summed E-state index contributed by atoms with van der Waals surface area (Å²) in [5.74, 6) is 0.743. The molecule has 0 saturated carbocycles. The van der Waals surface area contributed by atoms with Gasteiger partial charge in [0, 0.05) is 10.6 Å². The van der Waals surface area contributed by atoms with Crippen LogP contribution in [0, 0.1) is 0 Å². The molecule has 1 aromatic heterocycles. The van der Waals surface area contributed by atoms with Gasteiger partial charge in [0.15, 0.2) is 0 Å². The van der Waals surface area contributed by atoms with Crippen LogP contribution in [0.1, 0.15) is 0 Å². The number of aromatic nitrogens is 3. The molecule has 2 rings (SSSR count). The molecule has 1 aromatic carbocycles. The van der Waals surface area contributed by atoms with Crippen LogP contribution < -0.4 is 11.1 Å². The molecule has 72 valence electrons. The number of benzene rings is 1. The highest BCUT2D eigenvalue weighted by molar-refractivity contribution is 7.80. The molecule has 0 aliphatic heterocycles. The van der Waals surface area contributed by atoms with E-state index >= 15 is 0 Å². The van der Waals surface area contributed by atoms with E-state index in [0.29, 0.717) is 11.9 Å². The summed E-state index contributed by atoms with van der Waals surface area (Å²) in [6.07, 6.45) is 0. The fraction of sp³-hybridized carbons (Fsp3) is 0. The molecule has 6 heteroatoms. The van der Waals surface area contributed by atoms with Gasteiger partial charge < -0.3 is 11.1 Å². The lowest BCUT2D eigenvalue weighted by Gasteiger charge is -2.00. The van der Waals surface area contributed by atoms with Crippen molar-refractivity contribution in [1.82, 2.24) is 15.2 Å². The van der Waals surface area contributed by atoms with Crippen LogP contribution in [-0.4, -0.2) is 15.2 Å². The Balaban J connectivity index is 2.15. The Labute approximate surface area is 86.2 Å². The van der Waals surface area contributed by atoms with Gasteiger partial charge in [0.05, 0.1) is 0 Å². The summed E-state index contributed by atoms with van der Waals surface area (Å²) < 4.78 is 0. The fourth-order valence-electron chi connectivity index (χ4n) is 1.00. The topological polar surface area (TPSA) is 79.6 Å². The zero-order chi connectivity index (χ0) is 9.97. The quantitative estimate of drug-likeness (QED) is 0.561. The van der Waals surface area contributed by atoms with Gasteiger partial charge in [0.1, 0.15) is 0 Å². The van der Waals surface area contributed by atoms with Crippen molar-refractivity contribution in [2.24, 2.45) is 0 Å². The van der Waals surface area contributed by atoms with E-state index in [0.717, 1.165) is 10.6 Å². The summed E-state index contributed by atoms with van der Waals surface area (Å²) >= 11 is 4.18. The molecule has 4 N–H and O–H groups in total. The largest absolute Gasteiger partial charge is 0.368 e. The second-order valence-corrected chi connectivity index (χ2v) is 3.23. The maximum Gasteiger partial charge on any atom is 0.248 e. The fourth-order valence-corrected chi connectivity index (χ4v) is 1.15. The highest BCUT2D eigenvalue weighted by Gasteiger charge is 1.99. The van der Waals surface area contributed by atoms with Crippen LogP contribution in [0.4, 0.5) is 17.6 Å². The van der Waals surface area contributed by atoms with Crippen LogP contribution in [0.25, 0.3) is 0 Å². The number of H-pyrrole nitrogens is 1. The number of nitrogens with one attached hydrogen (secondary N) is 2. The average molecular weight is 207 g/mol. The number of aromatic amines is 1. The van der Waals surface area contributed by atoms with Gasteiger partial charge in [-0.2, -0.15) is 4.98 Å². The SMILES string of the molecule is Nc1nc(Nc2ccc(S)cc2)n[nH]1. The van der Waals surface area contributed by atoms with E-state index in [1.54, 1.807) is 0 Å². The maximum atomic E-state index is 5.37. The number of rotatable bonds is 2. The van der Waals surface area contributed by atoms with Gasteiger partial charge in [-0.15, -0.1) is 17.7 Å². The number of nitrogens with two attached hydrogens (primary N) is 1. The lowest BCUT2D eigenvalue weighted by molar-refractivity contribution is 1.10. The van der Waals surface area contributed by atoms with Crippen molar-refractivity contribution < 1.29 is 0 Å². The number of hydrogen-bond donors (Lipinski definition) is 4. The number of thiol groups is 1. The minimum atomic E-state index is 0.290. The highest BCUT2D eigenvalue weighted by atomic mass is 32.1. The van der Waals surface area contributed by atoms with E-state index < -0.39 is 0 Å². The Morgan fingerprint density at radius 2 is 2.00 bits per heavy atom. The third-order valence-corrected chi connectivity index (χ3v) is 1.92. The molecule has 0 amide bonds. The van der Waals surface area contributed by atoms with E-state index in [4.69, 9.17) is 5.73 Å². The molecule has 0 aliphatic carbocycles. The molecular weight excluding hydrogens is 198 g/mol. The molecule has 0 aliphatic rings. The maximum absolute atomic E-state index is 5.37. The van der Waals surface area contributed by atoms with Gasteiger partial charge in [-0.05, 0) is 24.3 Å². The first-order valence-corrected chi connectivity index (χ1v) is 4.43. The number of anilines is 3. The third-order valence-electron chi connectivity index (χ3n) is 1.63. The van der Waals surface area contributed by atoms with E-state index in [-0.39, 0.29) is 0 Å². The van der Waals surface area contributed by atoms with Crippen LogP contribution in [0.5, 0.6) is 0 Å². The van der Waals surface area contributed by atoms with Gasteiger partial charge in [-0.1, -0.05) is 0 Å². The van der Waals surface area contributed by atoms with Crippen LogP contribution in [-0.2, 0) is 0 Å². The molecule has 5 nitrogen and oxygen atoms in total. The summed E-state index contributed by atoms with van der Waals surface area (Å²) in [6.45, 7) is 0. The first-order valence-electron chi connectivity index (χ1n) is 3.98. The Bertz CT molecular complexity index is 422. The zero-order valence-corrected chi connectivity index (χ0v) is 8.12. The second-order valence-electron chi connectivity index (χ2n) is 2.72. The van der Waals surface area contributed by atoms with Crippen molar-refractivity contribution in [1.29, 1.82) is 0 Å². The van der Waals surface area contributed by atoms with Gasteiger partial charge >= 0.3 is 0 Å². The Morgan fingerprint density at radius 1 is 1.29 bits per heavy atom.